The van der Waals surface area contributed by atoms with Gasteiger partial charge in [-0.15, -0.1) is 0 Å². The molecule has 2 N–H and O–H groups in total. The summed E-state index contributed by atoms with van der Waals surface area (Å²) in [5.74, 6) is 2.42. The molecule has 0 aliphatic carbocycles. The van der Waals surface area contributed by atoms with Crippen LogP contribution in [0.2, 0.25) is 0 Å². The van der Waals surface area contributed by atoms with Gasteiger partial charge in [0.25, 0.3) is 0 Å². The molecule has 0 spiro atoms. The van der Waals surface area contributed by atoms with E-state index < -0.39 is 6.61 Å². The lowest BCUT2D eigenvalue weighted by Crippen LogP contribution is -2.36. The van der Waals surface area contributed by atoms with E-state index in [4.69, 9.17) is 9.47 Å². The maximum absolute atomic E-state index is 12.8. The van der Waals surface area contributed by atoms with Crippen LogP contribution in [-0.4, -0.2) is 44.5 Å². The number of fused-ring (bicyclic) bond motifs is 1. The maximum atomic E-state index is 12.8. The molecule has 8 nitrogen and oxygen atoms in total. The Labute approximate surface area is 179 Å². The molecule has 2 aromatic rings. The van der Waals surface area contributed by atoms with E-state index in [0.717, 1.165) is 24.5 Å². The smallest absolute Gasteiger partial charge is 0.387 e. The highest BCUT2D eigenvalue weighted by Crippen LogP contribution is 2.38. The summed E-state index contributed by atoms with van der Waals surface area (Å²) in [4.78, 5) is 10.9. The Morgan fingerprint density at radius 2 is 1.90 bits per heavy atom. The topological polar surface area (TPSA) is 80.2 Å². The molecule has 0 saturated carbocycles. The van der Waals surface area contributed by atoms with Crippen LogP contribution in [0.5, 0.6) is 17.2 Å². The molecule has 10 heteroatoms. The molecule has 1 fully saturated rings. The van der Waals surface area contributed by atoms with Gasteiger partial charge in [0.2, 0.25) is 6.79 Å². The Morgan fingerprint density at radius 1 is 1.16 bits per heavy atom. The third-order valence-corrected chi connectivity index (χ3v) is 5.14. The van der Waals surface area contributed by atoms with E-state index in [2.05, 4.69) is 36.3 Å². The fourth-order valence-corrected chi connectivity index (χ4v) is 3.58. The fourth-order valence-electron chi connectivity index (χ4n) is 3.58. The number of rotatable bonds is 7. The zero-order valence-electron chi connectivity index (χ0n) is 17.2. The van der Waals surface area contributed by atoms with Crippen molar-refractivity contribution in [2.24, 2.45) is 4.99 Å². The van der Waals surface area contributed by atoms with E-state index >= 15 is 0 Å². The Bertz CT molecular complexity index is 935. The SMILES string of the molecule is CN=C(NCc1ccnc(N2CCCC2)c1)NCc1cc2c(cc1OC(F)F)OCO2. The van der Waals surface area contributed by atoms with E-state index in [1.807, 2.05) is 6.07 Å². The average Bonchev–Trinajstić information content (AvgIpc) is 3.45. The van der Waals surface area contributed by atoms with Crippen molar-refractivity contribution in [1.82, 2.24) is 15.6 Å². The van der Waals surface area contributed by atoms with Crippen LogP contribution in [0.25, 0.3) is 0 Å². The minimum absolute atomic E-state index is 0.0339. The van der Waals surface area contributed by atoms with Gasteiger partial charge in [-0.25, -0.2) is 4.98 Å². The molecule has 31 heavy (non-hydrogen) atoms. The predicted molar refractivity (Wildman–Crippen MR) is 112 cm³/mol. The lowest BCUT2D eigenvalue weighted by Gasteiger charge is -2.18. The van der Waals surface area contributed by atoms with Crippen LogP contribution >= 0.6 is 0 Å². The first-order chi connectivity index (χ1) is 15.1. The fraction of sp³-hybridized carbons (Fsp3) is 0.429. The molecule has 2 aliphatic rings. The Kier molecular flexibility index (Phi) is 6.54. The number of hydrogen-bond donors (Lipinski definition) is 2. The second kappa shape index (κ2) is 9.67. The first-order valence-electron chi connectivity index (χ1n) is 10.1. The molecule has 0 amide bonds. The standard InChI is InChI=1S/C21H25F2N5O3/c1-24-21(26-11-14-4-5-25-19(8-14)28-6-2-3-7-28)27-12-15-9-17-18(30-13-29-17)10-16(15)31-20(22)23/h4-5,8-10,20H,2-3,6-7,11-13H2,1H3,(H2,24,26,27). The molecular formula is C21H25F2N5O3. The van der Waals surface area contributed by atoms with Crippen molar-refractivity contribution < 1.29 is 23.0 Å². The minimum atomic E-state index is -2.94. The minimum Gasteiger partial charge on any atom is -0.454 e. The highest BCUT2D eigenvalue weighted by Gasteiger charge is 2.20. The molecule has 3 heterocycles. The van der Waals surface area contributed by atoms with Gasteiger partial charge < -0.3 is 29.7 Å². The molecule has 0 atom stereocenters. The number of nitrogens with zero attached hydrogens (tertiary/aromatic N) is 3. The Hall–Kier alpha value is -3.30. The van der Waals surface area contributed by atoms with Crippen molar-refractivity contribution in [2.45, 2.75) is 32.5 Å². The normalized spacial score (nSPS) is 15.5. The monoisotopic (exact) mass is 433 g/mol. The van der Waals surface area contributed by atoms with E-state index in [-0.39, 0.29) is 19.1 Å². The summed E-state index contributed by atoms with van der Waals surface area (Å²) >= 11 is 0. The number of benzene rings is 1. The highest BCUT2D eigenvalue weighted by atomic mass is 19.3. The van der Waals surface area contributed by atoms with Crippen molar-refractivity contribution in [3.8, 4) is 17.2 Å². The van der Waals surface area contributed by atoms with E-state index in [9.17, 15) is 8.78 Å². The number of nitrogens with one attached hydrogen (secondary N) is 2. The summed E-state index contributed by atoms with van der Waals surface area (Å²) in [5.41, 5.74) is 1.58. The highest BCUT2D eigenvalue weighted by molar-refractivity contribution is 5.79. The second-order valence-electron chi connectivity index (χ2n) is 7.19. The van der Waals surface area contributed by atoms with Gasteiger partial charge in [-0.05, 0) is 36.6 Å². The molecule has 2 aliphatic heterocycles. The lowest BCUT2D eigenvalue weighted by molar-refractivity contribution is -0.0505. The number of halogens is 2. The van der Waals surface area contributed by atoms with Gasteiger partial charge in [-0.2, -0.15) is 8.78 Å². The van der Waals surface area contributed by atoms with Gasteiger partial charge in [0.1, 0.15) is 11.6 Å². The van der Waals surface area contributed by atoms with E-state index in [1.165, 1.54) is 18.9 Å². The number of alkyl halides is 2. The average molecular weight is 433 g/mol. The molecular weight excluding hydrogens is 408 g/mol. The van der Waals surface area contributed by atoms with Crippen LogP contribution in [0.15, 0.2) is 35.5 Å². The number of guanidine groups is 1. The van der Waals surface area contributed by atoms with Crippen molar-refractivity contribution >= 4 is 11.8 Å². The van der Waals surface area contributed by atoms with E-state index in [1.54, 1.807) is 19.3 Å². The number of aliphatic imine (C=N–C) groups is 1. The summed E-state index contributed by atoms with van der Waals surface area (Å²) in [6.45, 7) is -0.0575. The zero-order chi connectivity index (χ0) is 21.6. The zero-order valence-corrected chi connectivity index (χ0v) is 17.2. The molecule has 1 aromatic carbocycles. The second-order valence-corrected chi connectivity index (χ2v) is 7.19. The van der Waals surface area contributed by atoms with Gasteiger partial charge in [-0.1, -0.05) is 0 Å². The van der Waals surface area contributed by atoms with Crippen LogP contribution < -0.4 is 29.7 Å². The number of pyridine rings is 1. The molecule has 0 unspecified atom stereocenters. The first kappa shape index (κ1) is 21.0. The summed E-state index contributed by atoms with van der Waals surface area (Å²) in [6.07, 6.45) is 4.19. The van der Waals surface area contributed by atoms with Gasteiger partial charge in [0.05, 0.1) is 0 Å². The molecule has 0 radical (unpaired) electrons. The van der Waals surface area contributed by atoms with Crippen molar-refractivity contribution in [3.63, 3.8) is 0 Å². The Morgan fingerprint density at radius 3 is 2.65 bits per heavy atom. The molecule has 1 aromatic heterocycles. The summed E-state index contributed by atoms with van der Waals surface area (Å²) in [7, 11) is 1.65. The van der Waals surface area contributed by atoms with Crippen LogP contribution in [0, 0.1) is 0 Å². The third kappa shape index (κ3) is 5.25. The van der Waals surface area contributed by atoms with Crippen LogP contribution in [0.4, 0.5) is 14.6 Å². The van der Waals surface area contributed by atoms with Gasteiger partial charge in [0, 0.05) is 51.1 Å². The van der Waals surface area contributed by atoms with Crippen LogP contribution in [0.1, 0.15) is 24.0 Å². The Balaban J connectivity index is 1.37. The summed E-state index contributed by atoms with van der Waals surface area (Å²) in [6, 6.07) is 7.06. The van der Waals surface area contributed by atoms with E-state index in [0.29, 0.717) is 29.6 Å². The molecule has 4 rings (SSSR count). The van der Waals surface area contributed by atoms with Crippen molar-refractivity contribution in [1.29, 1.82) is 0 Å². The van der Waals surface area contributed by atoms with Gasteiger partial charge >= 0.3 is 6.61 Å². The van der Waals surface area contributed by atoms with Gasteiger partial charge in [0.15, 0.2) is 17.5 Å². The number of aromatic nitrogens is 1. The molecule has 0 bridgehead atoms. The van der Waals surface area contributed by atoms with Crippen LogP contribution in [0.3, 0.4) is 0 Å². The number of hydrogen-bond acceptors (Lipinski definition) is 6. The third-order valence-electron chi connectivity index (χ3n) is 5.14. The summed E-state index contributed by atoms with van der Waals surface area (Å²) < 4.78 is 40.9. The lowest BCUT2D eigenvalue weighted by atomic mass is 10.1. The molecule has 166 valence electrons. The number of anilines is 1. The summed E-state index contributed by atoms with van der Waals surface area (Å²) in [5, 5.41) is 6.36. The van der Waals surface area contributed by atoms with Crippen molar-refractivity contribution in [3.05, 3.63) is 41.6 Å². The number of ether oxygens (including phenoxy) is 3. The first-order valence-corrected chi connectivity index (χ1v) is 10.1. The van der Waals surface area contributed by atoms with Crippen LogP contribution in [-0.2, 0) is 13.1 Å². The quantitative estimate of drug-likeness (QED) is 0.513. The maximum Gasteiger partial charge on any atom is 0.387 e. The largest absolute Gasteiger partial charge is 0.454 e. The van der Waals surface area contributed by atoms with Crippen molar-refractivity contribution in [2.75, 3.05) is 31.8 Å². The van der Waals surface area contributed by atoms with Gasteiger partial charge in [-0.3, -0.25) is 4.99 Å². The predicted octanol–water partition coefficient (Wildman–Crippen LogP) is 2.88. The molecule has 1 saturated heterocycles.